The molecule has 0 amide bonds. The van der Waals surface area contributed by atoms with E-state index < -0.39 is 6.10 Å². The highest BCUT2D eigenvalue weighted by Crippen LogP contribution is 2.15. The third-order valence-electron chi connectivity index (χ3n) is 12.0. The van der Waals surface area contributed by atoms with E-state index in [4.69, 9.17) is 14.2 Å². The van der Waals surface area contributed by atoms with Crippen molar-refractivity contribution in [3.63, 3.8) is 0 Å². The third-order valence-corrected chi connectivity index (χ3v) is 12.0. The van der Waals surface area contributed by atoms with Crippen molar-refractivity contribution in [1.29, 1.82) is 0 Å². The van der Waals surface area contributed by atoms with Crippen LogP contribution in [-0.2, 0) is 28.6 Å². The van der Waals surface area contributed by atoms with Gasteiger partial charge in [0, 0.05) is 19.3 Å². The summed E-state index contributed by atoms with van der Waals surface area (Å²) in [4.78, 5) is 38.0. The van der Waals surface area contributed by atoms with E-state index in [1.54, 1.807) is 0 Å². The molecule has 0 bridgehead atoms. The third kappa shape index (κ3) is 50.4. The molecule has 0 rings (SSSR count). The topological polar surface area (TPSA) is 78.9 Å². The fourth-order valence-electron chi connectivity index (χ4n) is 7.80. The van der Waals surface area contributed by atoms with Crippen molar-refractivity contribution in [1.82, 2.24) is 0 Å². The number of rotatable bonds is 50. The largest absolute Gasteiger partial charge is 0.462 e. The van der Waals surface area contributed by atoms with E-state index in [-0.39, 0.29) is 31.1 Å². The van der Waals surface area contributed by atoms with Crippen molar-refractivity contribution >= 4 is 17.9 Å². The Morgan fingerprint density at radius 1 is 0.312 bits per heavy atom. The predicted octanol–water partition coefficient (Wildman–Crippen LogP) is 18.3. The highest BCUT2D eigenvalue weighted by Gasteiger charge is 2.19. The summed E-state index contributed by atoms with van der Waals surface area (Å²) in [5.41, 5.74) is 0. The second kappa shape index (κ2) is 53.0. The van der Waals surface area contributed by atoms with E-state index in [9.17, 15) is 14.4 Å². The first-order valence-corrected chi connectivity index (χ1v) is 27.6. The summed E-state index contributed by atoms with van der Waals surface area (Å²) < 4.78 is 16.8. The zero-order valence-electron chi connectivity index (χ0n) is 42.6. The molecule has 0 spiro atoms. The van der Waals surface area contributed by atoms with Crippen LogP contribution in [0.1, 0.15) is 284 Å². The Balaban J connectivity index is 4.36. The van der Waals surface area contributed by atoms with Crippen molar-refractivity contribution in [2.45, 2.75) is 290 Å². The lowest BCUT2D eigenvalue weighted by molar-refractivity contribution is -0.167. The van der Waals surface area contributed by atoms with Crippen LogP contribution in [0.3, 0.4) is 0 Å². The van der Waals surface area contributed by atoms with Gasteiger partial charge in [0.05, 0.1) is 0 Å². The van der Waals surface area contributed by atoms with Gasteiger partial charge >= 0.3 is 17.9 Å². The average molecular weight is 897 g/mol. The number of allylic oxidation sites excluding steroid dienone is 8. The number of carbonyl (C=O) groups is 3. The molecule has 0 aromatic heterocycles. The normalized spacial score (nSPS) is 12.4. The first kappa shape index (κ1) is 61.4. The smallest absolute Gasteiger partial charge is 0.306 e. The minimum atomic E-state index is -0.784. The van der Waals surface area contributed by atoms with E-state index in [0.717, 1.165) is 89.9 Å². The Morgan fingerprint density at radius 2 is 0.578 bits per heavy atom. The van der Waals surface area contributed by atoms with E-state index in [0.29, 0.717) is 19.3 Å². The van der Waals surface area contributed by atoms with E-state index in [1.807, 2.05) is 0 Å². The molecule has 0 aliphatic heterocycles. The molecule has 0 saturated carbocycles. The minimum Gasteiger partial charge on any atom is -0.462 e. The molecule has 0 saturated heterocycles. The molecule has 0 aliphatic carbocycles. The van der Waals surface area contributed by atoms with Crippen LogP contribution in [0.25, 0.3) is 0 Å². The van der Waals surface area contributed by atoms with Crippen LogP contribution in [-0.4, -0.2) is 37.2 Å². The van der Waals surface area contributed by atoms with Crippen LogP contribution in [0, 0.1) is 0 Å². The maximum absolute atomic E-state index is 12.8. The fourth-order valence-corrected chi connectivity index (χ4v) is 7.80. The van der Waals surface area contributed by atoms with Crippen molar-refractivity contribution < 1.29 is 28.6 Å². The summed E-state index contributed by atoms with van der Waals surface area (Å²) in [6.07, 6.45) is 63.8. The summed E-state index contributed by atoms with van der Waals surface area (Å²) >= 11 is 0. The Bertz CT molecular complexity index is 1120. The Morgan fingerprint density at radius 3 is 0.938 bits per heavy atom. The SMILES string of the molecule is CCCC/C=C\C/C=C\CCCCCCCC(=O)O[C@H](COC(=O)CCCCCCC/C=C\CCCCCC)COC(=O)CCCCCCCCC/C=C\CCCCCCCCCC. The van der Waals surface area contributed by atoms with Crippen LogP contribution in [0.15, 0.2) is 48.6 Å². The molecule has 0 heterocycles. The summed E-state index contributed by atoms with van der Waals surface area (Å²) in [5.74, 6) is -0.901. The number of ether oxygens (including phenoxy) is 3. The molecular weight excluding hydrogens is 793 g/mol. The van der Waals surface area contributed by atoms with Gasteiger partial charge in [-0.25, -0.2) is 0 Å². The standard InChI is InChI=1S/C58H104O6/c1-4-7-10-13-16-19-22-25-27-28-29-30-31-34-36-39-42-45-48-51-57(60)63-54-55(53-62-56(59)50-47-44-41-38-35-32-24-21-18-15-12-9-6-3)64-58(61)52-49-46-43-40-37-33-26-23-20-17-14-11-8-5-2/h14,17,21,23-24,26,28-29,55H,4-13,15-16,18-20,22,25,27,30-54H2,1-3H3/b17-14-,24-21-,26-23-,29-28-/t55-/m1/s1. The first-order chi connectivity index (χ1) is 31.5. The van der Waals surface area contributed by atoms with Crippen LogP contribution >= 0.6 is 0 Å². The highest BCUT2D eigenvalue weighted by atomic mass is 16.6. The molecule has 0 aliphatic rings. The quantitative estimate of drug-likeness (QED) is 0.0262. The van der Waals surface area contributed by atoms with E-state index >= 15 is 0 Å². The molecule has 6 heteroatoms. The maximum atomic E-state index is 12.8. The Labute approximate surface area is 397 Å². The monoisotopic (exact) mass is 897 g/mol. The lowest BCUT2D eigenvalue weighted by Gasteiger charge is -2.18. The molecule has 64 heavy (non-hydrogen) atoms. The van der Waals surface area contributed by atoms with Crippen molar-refractivity contribution in [2.75, 3.05) is 13.2 Å². The number of hydrogen-bond donors (Lipinski definition) is 0. The number of esters is 3. The first-order valence-electron chi connectivity index (χ1n) is 27.6. The number of unbranched alkanes of at least 4 members (excludes halogenated alkanes) is 31. The molecule has 0 radical (unpaired) electrons. The van der Waals surface area contributed by atoms with Crippen molar-refractivity contribution in [3.05, 3.63) is 48.6 Å². The van der Waals surface area contributed by atoms with Gasteiger partial charge in [-0.15, -0.1) is 0 Å². The van der Waals surface area contributed by atoms with Crippen LogP contribution in [0.5, 0.6) is 0 Å². The van der Waals surface area contributed by atoms with Crippen molar-refractivity contribution in [3.8, 4) is 0 Å². The highest BCUT2D eigenvalue weighted by molar-refractivity contribution is 5.71. The molecule has 0 aromatic carbocycles. The molecule has 372 valence electrons. The lowest BCUT2D eigenvalue weighted by atomic mass is 10.1. The average Bonchev–Trinajstić information content (AvgIpc) is 3.29. The molecule has 0 N–H and O–H groups in total. The molecule has 0 unspecified atom stereocenters. The van der Waals surface area contributed by atoms with Gasteiger partial charge < -0.3 is 14.2 Å². The van der Waals surface area contributed by atoms with E-state index in [1.165, 1.54) is 154 Å². The Hall–Kier alpha value is -2.63. The van der Waals surface area contributed by atoms with Crippen LogP contribution < -0.4 is 0 Å². The number of carbonyl (C=O) groups excluding carboxylic acids is 3. The van der Waals surface area contributed by atoms with Gasteiger partial charge in [-0.3, -0.25) is 14.4 Å². The maximum Gasteiger partial charge on any atom is 0.306 e. The van der Waals surface area contributed by atoms with Gasteiger partial charge in [-0.05, 0) is 96.3 Å². The summed E-state index contributed by atoms with van der Waals surface area (Å²) in [6, 6.07) is 0. The van der Waals surface area contributed by atoms with Gasteiger partial charge in [0.1, 0.15) is 13.2 Å². The van der Waals surface area contributed by atoms with Crippen LogP contribution in [0.4, 0.5) is 0 Å². The summed E-state index contributed by atoms with van der Waals surface area (Å²) in [5, 5.41) is 0. The van der Waals surface area contributed by atoms with Crippen LogP contribution in [0.2, 0.25) is 0 Å². The summed E-state index contributed by atoms with van der Waals surface area (Å²) in [7, 11) is 0. The summed E-state index contributed by atoms with van der Waals surface area (Å²) in [6.45, 7) is 6.58. The molecule has 0 fully saturated rings. The van der Waals surface area contributed by atoms with Gasteiger partial charge in [0.2, 0.25) is 0 Å². The zero-order valence-corrected chi connectivity index (χ0v) is 42.6. The second-order valence-electron chi connectivity index (χ2n) is 18.5. The van der Waals surface area contributed by atoms with Gasteiger partial charge in [-0.1, -0.05) is 217 Å². The zero-order chi connectivity index (χ0) is 46.5. The van der Waals surface area contributed by atoms with E-state index in [2.05, 4.69) is 69.4 Å². The number of hydrogen-bond acceptors (Lipinski definition) is 6. The van der Waals surface area contributed by atoms with Gasteiger partial charge in [0.15, 0.2) is 6.10 Å². The van der Waals surface area contributed by atoms with Crippen molar-refractivity contribution in [2.24, 2.45) is 0 Å². The Kier molecular flexibility index (Phi) is 50.8. The molecular formula is C58H104O6. The fraction of sp³-hybridized carbons (Fsp3) is 0.810. The molecule has 0 aromatic rings. The lowest BCUT2D eigenvalue weighted by Crippen LogP contribution is -2.30. The minimum absolute atomic E-state index is 0.0827. The molecule has 6 nitrogen and oxygen atoms in total. The molecule has 1 atom stereocenters. The van der Waals surface area contributed by atoms with Gasteiger partial charge in [-0.2, -0.15) is 0 Å². The predicted molar refractivity (Wildman–Crippen MR) is 275 cm³/mol. The van der Waals surface area contributed by atoms with Gasteiger partial charge in [0.25, 0.3) is 0 Å². The second-order valence-corrected chi connectivity index (χ2v) is 18.5.